The first-order valence-electron chi connectivity index (χ1n) is 6.82. The number of thioether (sulfide) groups is 1. The molecule has 18 heavy (non-hydrogen) atoms. The summed E-state index contributed by atoms with van der Waals surface area (Å²) < 4.78 is 36.3. The molecular weight excluding hydrogens is 259 g/mol. The fourth-order valence-electron chi connectivity index (χ4n) is 2.65. The van der Waals surface area contributed by atoms with Crippen LogP contribution in [-0.4, -0.2) is 23.8 Å². The molecule has 0 aromatic rings. The van der Waals surface area contributed by atoms with Gasteiger partial charge in [-0.1, -0.05) is 44.9 Å². The van der Waals surface area contributed by atoms with Crippen molar-refractivity contribution >= 4 is 11.8 Å². The molecule has 0 heterocycles. The molecule has 1 N–H and O–H groups in total. The zero-order valence-corrected chi connectivity index (χ0v) is 12.0. The summed E-state index contributed by atoms with van der Waals surface area (Å²) in [4.78, 5) is 0. The van der Waals surface area contributed by atoms with E-state index in [4.69, 9.17) is 0 Å². The molecule has 1 saturated carbocycles. The lowest BCUT2D eigenvalue weighted by Crippen LogP contribution is -2.34. The summed E-state index contributed by atoms with van der Waals surface area (Å²) in [5.74, 6) is 1.25. The number of rotatable bonds is 6. The summed E-state index contributed by atoms with van der Waals surface area (Å²) in [7, 11) is 0. The Labute approximate surface area is 112 Å². The van der Waals surface area contributed by atoms with Crippen molar-refractivity contribution in [2.75, 3.05) is 12.3 Å². The van der Waals surface area contributed by atoms with Gasteiger partial charge in [-0.05, 0) is 31.2 Å². The second-order valence-electron chi connectivity index (χ2n) is 5.45. The normalized spacial score (nSPS) is 25.7. The highest BCUT2D eigenvalue weighted by molar-refractivity contribution is 8.00. The average molecular weight is 283 g/mol. The monoisotopic (exact) mass is 283 g/mol. The van der Waals surface area contributed by atoms with E-state index >= 15 is 0 Å². The van der Waals surface area contributed by atoms with E-state index in [1.165, 1.54) is 19.3 Å². The third-order valence-electron chi connectivity index (χ3n) is 3.61. The van der Waals surface area contributed by atoms with Crippen LogP contribution in [0.4, 0.5) is 13.2 Å². The fraction of sp³-hybridized carbons (Fsp3) is 1.00. The van der Waals surface area contributed by atoms with Crippen LogP contribution in [0.2, 0.25) is 0 Å². The van der Waals surface area contributed by atoms with Gasteiger partial charge in [0.05, 0.1) is 0 Å². The van der Waals surface area contributed by atoms with Crippen LogP contribution in [0.1, 0.15) is 46.0 Å². The number of alkyl halides is 3. The Bertz CT molecular complexity index is 231. The Balaban J connectivity index is 2.30. The molecular formula is C13H24F3NS. The van der Waals surface area contributed by atoms with Gasteiger partial charge >= 0.3 is 5.51 Å². The maximum atomic E-state index is 12.1. The lowest BCUT2D eigenvalue weighted by Gasteiger charge is -2.32. The number of nitrogens with one attached hydrogen (secondary N) is 1. The van der Waals surface area contributed by atoms with Crippen molar-refractivity contribution in [2.45, 2.75) is 57.5 Å². The van der Waals surface area contributed by atoms with Crippen LogP contribution in [0, 0.1) is 11.8 Å². The van der Waals surface area contributed by atoms with Gasteiger partial charge in [0.2, 0.25) is 0 Å². The van der Waals surface area contributed by atoms with Crippen molar-refractivity contribution in [3.63, 3.8) is 0 Å². The van der Waals surface area contributed by atoms with Crippen LogP contribution in [0.5, 0.6) is 0 Å². The molecule has 5 heteroatoms. The third-order valence-corrected chi connectivity index (χ3v) is 4.38. The van der Waals surface area contributed by atoms with E-state index in [2.05, 4.69) is 19.2 Å². The molecule has 1 fully saturated rings. The zero-order valence-electron chi connectivity index (χ0n) is 11.2. The molecule has 1 aliphatic carbocycles. The molecule has 1 nitrogen and oxygen atoms in total. The van der Waals surface area contributed by atoms with Gasteiger partial charge < -0.3 is 5.32 Å². The molecule has 0 amide bonds. The number of hydrogen-bond donors (Lipinski definition) is 1. The van der Waals surface area contributed by atoms with Gasteiger partial charge in [-0.2, -0.15) is 13.2 Å². The van der Waals surface area contributed by atoms with Gasteiger partial charge in [-0.15, -0.1) is 0 Å². The highest BCUT2D eigenvalue weighted by atomic mass is 32.2. The summed E-state index contributed by atoms with van der Waals surface area (Å²) in [6.07, 6.45) is 5.38. The Kier molecular flexibility index (Phi) is 6.85. The third kappa shape index (κ3) is 6.88. The summed E-state index contributed by atoms with van der Waals surface area (Å²) in [6.45, 7) is 5.17. The predicted molar refractivity (Wildman–Crippen MR) is 71.7 cm³/mol. The first-order chi connectivity index (χ1) is 8.38. The number of halogens is 3. The second-order valence-corrected chi connectivity index (χ2v) is 6.61. The molecule has 1 aliphatic rings. The molecule has 0 aromatic carbocycles. The van der Waals surface area contributed by atoms with Gasteiger partial charge in [0.15, 0.2) is 0 Å². The minimum Gasteiger partial charge on any atom is -0.314 e. The maximum Gasteiger partial charge on any atom is 0.441 e. The van der Waals surface area contributed by atoms with Crippen molar-refractivity contribution in [3.05, 3.63) is 0 Å². The summed E-state index contributed by atoms with van der Waals surface area (Å²) >= 11 is 0.133. The summed E-state index contributed by atoms with van der Waals surface area (Å²) in [5.41, 5.74) is -4.07. The number of hydrogen-bond acceptors (Lipinski definition) is 2. The molecule has 0 bridgehead atoms. The minimum atomic E-state index is -4.07. The lowest BCUT2D eigenvalue weighted by atomic mass is 9.78. The van der Waals surface area contributed by atoms with Gasteiger partial charge in [0.1, 0.15) is 0 Å². The lowest BCUT2D eigenvalue weighted by molar-refractivity contribution is -0.0328. The Hall–Kier alpha value is 0.100. The maximum absolute atomic E-state index is 12.1. The zero-order chi connectivity index (χ0) is 13.6. The van der Waals surface area contributed by atoms with Crippen molar-refractivity contribution in [1.82, 2.24) is 5.32 Å². The quantitative estimate of drug-likeness (QED) is 0.773. The van der Waals surface area contributed by atoms with Crippen molar-refractivity contribution in [3.8, 4) is 0 Å². The SMILES string of the molecule is CC(C)NCC1CCCCC1CCSC(F)(F)F. The van der Waals surface area contributed by atoms with Crippen LogP contribution in [0.25, 0.3) is 0 Å². The summed E-state index contributed by atoms with van der Waals surface area (Å²) in [6, 6.07) is 0.456. The first kappa shape index (κ1) is 16.2. The van der Waals surface area contributed by atoms with Crippen LogP contribution < -0.4 is 5.32 Å². The van der Waals surface area contributed by atoms with E-state index in [-0.39, 0.29) is 17.5 Å². The van der Waals surface area contributed by atoms with Crippen molar-refractivity contribution in [2.24, 2.45) is 11.8 Å². The smallest absolute Gasteiger partial charge is 0.314 e. The Morgan fingerprint density at radius 3 is 2.33 bits per heavy atom. The predicted octanol–water partition coefficient (Wildman–Crippen LogP) is 4.43. The average Bonchev–Trinajstić information content (AvgIpc) is 2.26. The Morgan fingerprint density at radius 1 is 1.17 bits per heavy atom. The van der Waals surface area contributed by atoms with E-state index < -0.39 is 5.51 Å². The van der Waals surface area contributed by atoms with Crippen molar-refractivity contribution < 1.29 is 13.2 Å². The highest BCUT2D eigenvalue weighted by Gasteiger charge is 2.30. The van der Waals surface area contributed by atoms with Crippen LogP contribution in [0.3, 0.4) is 0 Å². The highest BCUT2D eigenvalue weighted by Crippen LogP contribution is 2.36. The van der Waals surface area contributed by atoms with Crippen molar-refractivity contribution in [1.29, 1.82) is 0 Å². The van der Waals surface area contributed by atoms with Gasteiger partial charge in [0, 0.05) is 11.8 Å². The fourth-order valence-corrected chi connectivity index (χ4v) is 3.30. The molecule has 108 valence electrons. The molecule has 0 aromatic heterocycles. The van der Waals surface area contributed by atoms with E-state index in [1.54, 1.807) is 0 Å². The first-order valence-corrected chi connectivity index (χ1v) is 7.81. The summed E-state index contributed by atoms with van der Waals surface area (Å²) in [5, 5.41) is 3.42. The molecule has 0 saturated heterocycles. The van der Waals surface area contributed by atoms with Crippen LogP contribution in [-0.2, 0) is 0 Å². The van der Waals surface area contributed by atoms with E-state index in [1.807, 2.05) is 0 Å². The molecule has 1 rings (SSSR count). The van der Waals surface area contributed by atoms with E-state index in [0.717, 1.165) is 13.0 Å². The molecule has 0 spiro atoms. The van der Waals surface area contributed by atoms with Crippen LogP contribution in [0.15, 0.2) is 0 Å². The molecule has 0 radical (unpaired) electrons. The van der Waals surface area contributed by atoms with Crippen LogP contribution >= 0.6 is 11.8 Å². The molecule has 2 atom stereocenters. The van der Waals surface area contributed by atoms with Gasteiger partial charge in [-0.3, -0.25) is 0 Å². The molecule has 2 unspecified atom stereocenters. The van der Waals surface area contributed by atoms with E-state index in [0.29, 0.717) is 24.3 Å². The second kappa shape index (κ2) is 7.63. The topological polar surface area (TPSA) is 12.0 Å². The Morgan fingerprint density at radius 2 is 1.78 bits per heavy atom. The molecule has 0 aliphatic heterocycles. The van der Waals surface area contributed by atoms with E-state index in [9.17, 15) is 13.2 Å². The minimum absolute atomic E-state index is 0.133. The van der Waals surface area contributed by atoms with Gasteiger partial charge in [0.25, 0.3) is 0 Å². The van der Waals surface area contributed by atoms with Gasteiger partial charge in [-0.25, -0.2) is 0 Å². The largest absolute Gasteiger partial charge is 0.441 e. The standard InChI is InChI=1S/C13H24F3NS/c1-10(2)17-9-12-6-4-3-5-11(12)7-8-18-13(14,15)16/h10-12,17H,3-9H2,1-2H3.